The Bertz CT molecular complexity index is 277. The molecule has 0 aromatic rings. The lowest BCUT2D eigenvalue weighted by atomic mass is 9.83. The maximum absolute atomic E-state index is 12.1. The second kappa shape index (κ2) is 6.53. The first-order valence-electron chi connectivity index (χ1n) is 7.26. The summed E-state index contributed by atoms with van der Waals surface area (Å²) in [7, 11) is 1.91. The van der Waals surface area contributed by atoms with E-state index in [1.165, 1.54) is 12.8 Å². The normalized spacial score (nSPS) is 32.4. The number of nitrogens with zero attached hydrogens (tertiary/aromatic N) is 1. The molecule has 2 fully saturated rings. The van der Waals surface area contributed by atoms with Gasteiger partial charge in [-0.2, -0.15) is 0 Å². The average molecular weight is 254 g/mol. The summed E-state index contributed by atoms with van der Waals surface area (Å²) < 4.78 is 5.33. The smallest absolute Gasteiger partial charge is 0.222 e. The Labute approximate surface area is 110 Å². The van der Waals surface area contributed by atoms with Gasteiger partial charge in [-0.1, -0.05) is 12.8 Å². The summed E-state index contributed by atoms with van der Waals surface area (Å²) >= 11 is 0. The largest absolute Gasteiger partial charge is 0.379 e. The van der Waals surface area contributed by atoms with E-state index in [2.05, 4.69) is 0 Å². The molecule has 1 heterocycles. The summed E-state index contributed by atoms with van der Waals surface area (Å²) in [5.41, 5.74) is 5.98. The third-order valence-electron chi connectivity index (χ3n) is 4.44. The fraction of sp³-hybridized carbons (Fsp3) is 0.929. The number of likely N-dealkylation sites (N-methyl/N-ethyl adjacent to an activating group) is 1. The van der Waals surface area contributed by atoms with Crippen LogP contribution in [0.25, 0.3) is 0 Å². The molecule has 0 aromatic heterocycles. The molecule has 1 saturated carbocycles. The van der Waals surface area contributed by atoms with Crippen LogP contribution < -0.4 is 5.73 Å². The highest BCUT2D eigenvalue weighted by Crippen LogP contribution is 2.27. The highest BCUT2D eigenvalue weighted by Gasteiger charge is 2.25. The van der Waals surface area contributed by atoms with E-state index in [9.17, 15) is 4.79 Å². The van der Waals surface area contributed by atoms with Crippen LogP contribution in [0.2, 0.25) is 0 Å². The number of nitrogens with two attached hydrogens (primary N) is 1. The molecule has 18 heavy (non-hydrogen) atoms. The molecule has 0 bridgehead atoms. The standard InChI is InChI=1S/C14H26N2O2/c1-16(13-7-8-18-10-13)14(17)6-5-11-3-2-4-12(15)9-11/h11-13H,2-10,15H2,1H3. The summed E-state index contributed by atoms with van der Waals surface area (Å²) in [6, 6.07) is 0.658. The number of carbonyl (C=O) groups excluding carboxylic acids is 1. The zero-order valence-electron chi connectivity index (χ0n) is 11.4. The first-order valence-corrected chi connectivity index (χ1v) is 7.26. The van der Waals surface area contributed by atoms with Crippen LogP contribution >= 0.6 is 0 Å². The van der Waals surface area contributed by atoms with Crippen molar-refractivity contribution in [2.24, 2.45) is 11.7 Å². The quantitative estimate of drug-likeness (QED) is 0.828. The Morgan fingerprint density at radius 3 is 2.89 bits per heavy atom. The molecule has 3 unspecified atom stereocenters. The highest BCUT2D eigenvalue weighted by atomic mass is 16.5. The monoisotopic (exact) mass is 254 g/mol. The van der Waals surface area contributed by atoms with Crippen LogP contribution in [0.4, 0.5) is 0 Å². The van der Waals surface area contributed by atoms with Gasteiger partial charge in [0.1, 0.15) is 0 Å². The molecule has 4 nitrogen and oxygen atoms in total. The first kappa shape index (κ1) is 13.8. The molecular weight excluding hydrogens is 228 g/mol. The number of rotatable bonds is 4. The topological polar surface area (TPSA) is 55.6 Å². The Kier molecular flexibility index (Phi) is 5.01. The predicted molar refractivity (Wildman–Crippen MR) is 71.2 cm³/mol. The second-order valence-corrected chi connectivity index (χ2v) is 5.85. The summed E-state index contributed by atoms with van der Waals surface area (Å²) in [6.45, 7) is 1.50. The molecule has 2 N–H and O–H groups in total. The summed E-state index contributed by atoms with van der Waals surface area (Å²) in [5.74, 6) is 0.926. The fourth-order valence-corrected chi connectivity index (χ4v) is 3.13. The van der Waals surface area contributed by atoms with Crippen LogP contribution in [0.3, 0.4) is 0 Å². The molecule has 0 spiro atoms. The zero-order valence-corrected chi connectivity index (χ0v) is 11.4. The molecule has 1 aliphatic carbocycles. The average Bonchev–Trinajstić information content (AvgIpc) is 2.89. The van der Waals surface area contributed by atoms with Crippen molar-refractivity contribution in [3.05, 3.63) is 0 Å². The molecule has 1 saturated heterocycles. The van der Waals surface area contributed by atoms with E-state index in [1.54, 1.807) is 0 Å². The lowest BCUT2D eigenvalue weighted by molar-refractivity contribution is -0.132. The van der Waals surface area contributed by atoms with E-state index < -0.39 is 0 Å². The molecular formula is C14H26N2O2. The van der Waals surface area contributed by atoms with E-state index in [4.69, 9.17) is 10.5 Å². The molecule has 3 atom stereocenters. The number of amides is 1. The van der Waals surface area contributed by atoms with E-state index >= 15 is 0 Å². The SMILES string of the molecule is CN(C(=O)CCC1CCCC(N)C1)C1CCOC1. The summed E-state index contributed by atoms with van der Waals surface area (Å²) in [4.78, 5) is 14.0. The second-order valence-electron chi connectivity index (χ2n) is 5.85. The molecule has 1 amide bonds. The van der Waals surface area contributed by atoms with Crippen LogP contribution in [-0.4, -0.2) is 43.2 Å². The van der Waals surface area contributed by atoms with Gasteiger partial charge in [-0.15, -0.1) is 0 Å². The van der Waals surface area contributed by atoms with Gasteiger partial charge < -0.3 is 15.4 Å². The van der Waals surface area contributed by atoms with Gasteiger partial charge in [0, 0.05) is 26.1 Å². The van der Waals surface area contributed by atoms with Crippen LogP contribution in [-0.2, 0) is 9.53 Å². The maximum atomic E-state index is 12.1. The van der Waals surface area contributed by atoms with Crippen molar-refractivity contribution in [3.8, 4) is 0 Å². The van der Waals surface area contributed by atoms with Crippen molar-refractivity contribution in [1.29, 1.82) is 0 Å². The zero-order chi connectivity index (χ0) is 13.0. The minimum atomic E-state index is 0.268. The fourth-order valence-electron chi connectivity index (χ4n) is 3.13. The Balaban J connectivity index is 1.70. The van der Waals surface area contributed by atoms with Crippen molar-refractivity contribution in [3.63, 3.8) is 0 Å². The molecule has 0 aromatic carbocycles. The highest BCUT2D eigenvalue weighted by molar-refractivity contribution is 5.76. The molecule has 2 rings (SSSR count). The van der Waals surface area contributed by atoms with E-state index in [0.29, 0.717) is 31.0 Å². The number of hydrogen-bond donors (Lipinski definition) is 1. The maximum Gasteiger partial charge on any atom is 0.222 e. The van der Waals surface area contributed by atoms with Crippen molar-refractivity contribution < 1.29 is 9.53 Å². The Morgan fingerprint density at radius 1 is 1.39 bits per heavy atom. The predicted octanol–water partition coefficient (Wildman–Crippen LogP) is 1.53. The van der Waals surface area contributed by atoms with Crippen LogP contribution in [0.5, 0.6) is 0 Å². The van der Waals surface area contributed by atoms with Gasteiger partial charge in [0.05, 0.1) is 12.6 Å². The minimum Gasteiger partial charge on any atom is -0.379 e. The number of ether oxygens (including phenoxy) is 1. The van der Waals surface area contributed by atoms with E-state index in [0.717, 1.165) is 32.3 Å². The van der Waals surface area contributed by atoms with Gasteiger partial charge in [0.15, 0.2) is 0 Å². The minimum absolute atomic E-state index is 0.268. The summed E-state index contributed by atoms with van der Waals surface area (Å²) in [5, 5.41) is 0. The van der Waals surface area contributed by atoms with Gasteiger partial charge in [-0.05, 0) is 31.6 Å². The molecule has 4 heteroatoms. The molecule has 1 aliphatic heterocycles. The van der Waals surface area contributed by atoms with Gasteiger partial charge in [-0.3, -0.25) is 4.79 Å². The molecule has 0 radical (unpaired) electrons. The Hall–Kier alpha value is -0.610. The van der Waals surface area contributed by atoms with Gasteiger partial charge in [0.25, 0.3) is 0 Å². The van der Waals surface area contributed by atoms with Crippen LogP contribution in [0.15, 0.2) is 0 Å². The molecule has 2 aliphatic rings. The van der Waals surface area contributed by atoms with Gasteiger partial charge >= 0.3 is 0 Å². The molecule has 104 valence electrons. The lowest BCUT2D eigenvalue weighted by Crippen LogP contribution is -2.37. The van der Waals surface area contributed by atoms with E-state index in [-0.39, 0.29) is 5.91 Å². The van der Waals surface area contributed by atoms with E-state index in [1.807, 2.05) is 11.9 Å². The van der Waals surface area contributed by atoms with Crippen molar-refractivity contribution >= 4 is 5.91 Å². The summed E-state index contributed by atoms with van der Waals surface area (Å²) in [6.07, 6.45) is 7.39. The number of hydrogen-bond acceptors (Lipinski definition) is 3. The first-order chi connectivity index (χ1) is 8.66. The Morgan fingerprint density at radius 2 is 2.22 bits per heavy atom. The van der Waals surface area contributed by atoms with Gasteiger partial charge in [-0.25, -0.2) is 0 Å². The van der Waals surface area contributed by atoms with Gasteiger partial charge in [0.2, 0.25) is 5.91 Å². The third kappa shape index (κ3) is 3.69. The third-order valence-corrected chi connectivity index (χ3v) is 4.44. The van der Waals surface area contributed by atoms with Crippen LogP contribution in [0.1, 0.15) is 44.9 Å². The number of carbonyl (C=O) groups is 1. The van der Waals surface area contributed by atoms with Crippen molar-refractivity contribution in [2.45, 2.75) is 57.0 Å². The van der Waals surface area contributed by atoms with Crippen molar-refractivity contribution in [2.75, 3.05) is 20.3 Å². The van der Waals surface area contributed by atoms with Crippen LogP contribution in [0, 0.1) is 5.92 Å². The lowest BCUT2D eigenvalue weighted by Gasteiger charge is -2.28. The van der Waals surface area contributed by atoms with Crippen molar-refractivity contribution in [1.82, 2.24) is 4.90 Å².